The van der Waals surface area contributed by atoms with E-state index in [0.717, 1.165) is 11.3 Å². The highest BCUT2D eigenvalue weighted by Crippen LogP contribution is 2.29. The number of nitrogens with one attached hydrogen (secondary N) is 1. The van der Waals surface area contributed by atoms with Gasteiger partial charge in [0, 0.05) is 16.5 Å². The van der Waals surface area contributed by atoms with Crippen molar-refractivity contribution < 1.29 is 4.79 Å². The van der Waals surface area contributed by atoms with Crippen LogP contribution < -0.4 is 5.32 Å². The minimum Gasteiger partial charge on any atom is -0.298 e. The Bertz CT molecular complexity index is 956. The molecule has 0 radical (unpaired) electrons. The first kappa shape index (κ1) is 20.3. The zero-order valence-electron chi connectivity index (χ0n) is 17.5. The number of hydrogen-bond acceptors (Lipinski definition) is 3. The van der Waals surface area contributed by atoms with Gasteiger partial charge in [0.05, 0.1) is 5.69 Å². The van der Waals surface area contributed by atoms with Crippen LogP contribution in [0, 0.1) is 0 Å². The number of nitrogens with zero attached hydrogens (tertiary/aromatic N) is 1. The number of rotatable bonds is 3. The molecule has 0 unspecified atom stereocenters. The summed E-state index contributed by atoms with van der Waals surface area (Å²) >= 11 is 1.44. The summed E-state index contributed by atoms with van der Waals surface area (Å²) < 4.78 is 0. The van der Waals surface area contributed by atoms with Gasteiger partial charge in [0.25, 0.3) is 5.91 Å². The first-order valence-electron chi connectivity index (χ1n) is 9.52. The molecule has 1 amide bonds. The van der Waals surface area contributed by atoms with Crippen LogP contribution in [-0.2, 0) is 10.8 Å². The molecule has 4 heteroatoms. The van der Waals surface area contributed by atoms with Gasteiger partial charge in [0.15, 0.2) is 5.13 Å². The lowest BCUT2D eigenvalue weighted by molar-refractivity contribution is 0.102. The molecule has 0 bridgehead atoms. The maximum atomic E-state index is 12.5. The van der Waals surface area contributed by atoms with Gasteiger partial charge < -0.3 is 0 Å². The zero-order chi connectivity index (χ0) is 20.5. The van der Waals surface area contributed by atoms with Crippen molar-refractivity contribution in [3.63, 3.8) is 0 Å². The molecule has 0 aliphatic heterocycles. The molecule has 0 saturated heterocycles. The summed E-state index contributed by atoms with van der Waals surface area (Å²) in [6.45, 7) is 13.1. The lowest BCUT2D eigenvalue weighted by Crippen LogP contribution is -2.14. The van der Waals surface area contributed by atoms with Crippen LogP contribution in [0.4, 0.5) is 5.13 Å². The Labute approximate surface area is 171 Å². The van der Waals surface area contributed by atoms with E-state index in [4.69, 9.17) is 0 Å². The Kier molecular flexibility index (Phi) is 5.44. The van der Waals surface area contributed by atoms with E-state index in [1.54, 1.807) is 0 Å². The molecule has 3 rings (SSSR count). The number of amides is 1. The Morgan fingerprint density at radius 2 is 1.32 bits per heavy atom. The molecule has 0 fully saturated rings. The highest BCUT2D eigenvalue weighted by atomic mass is 32.1. The van der Waals surface area contributed by atoms with Crippen molar-refractivity contribution in [2.75, 3.05) is 5.32 Å². The van der Waals surface area contributed by atoms with Crippen LogP contribution in [-0.4, -0.2) is 10.9 Å². The first-order valence-corrected chi connectivity index (χ1v) is 10.4. The van der Waals surface area contributed by atoms with Gasteiger partial charge in [-0.25, -0.2) is 4.98 Å². The van der Waals surface area contributed by atoms with Crippen molar-refractivity contribution in [3.8, 4) is 11.3 Å². The third kappa shape index (κ3) is 4.68. The summed E-state index contributed by atoms with van der Waals surface area (Å²) in [6.07, 6.45) is 0. The zero-order valence-corrected chi connectivity index (χ0v) is 18.3. The summed E-state index contributed by atoms with van der Waals surface area (Å²) in [5.41, 5.74) is 5.27. The van der Waals surface area contributed by atoms with Crippen LogP contribution >= 0.6 is 11.3 Å². The third-order valence-corrected chi connectivity index (χ3v) is 5.54. The number of carbonyl (C=O) groups excluding carboxylic acids is 1. The highest BCUT2D eigenvalue weighted by Gasteiger charge is 2.16. The van der Waals surface area contributed by atoms with E-state index >= 15 is 0 Å². The molecule has 0 aliphatic carbocycles. The van der Waals surface area contributed by atoms with Crippen LogP contribution in [0.2, 0.25) is 0 Å². The van der Waals surface area contributed by atoms with Crippen molar-refractivity contribution in [1.29, 1.82) is 0 Å². The van der Waals surface area contributed by atoms with E-state index < -0.39 is 0 Å². The van der Waals surface area contributed by atoms with Crippen molar-refractivity contribution in [2.24, 2.45) is 0 Å². The van der Waals surface area contributed by atoms with Crippen molar-refractivity contribution in [2.45, 2.75) is 52.4 Å². The number of aromatic nitrogens is 1. The van der Waals surface area contributed by atoms with Crippen LogP contribution in [0.3, 0.4) is 0 Å². The SMILES string of the molecule is CC(C)(C)c1ccc(C(=O)Nc2nc(-c3ccc(C(C)(C)C)cc3)cs2)cc1. The number of thiazole rings is 1. The second-order valence-electron chi connectivity index (χ2n) is 9.15. The average Bonchev–Trinajstić information content (AvgIpc) is 3.09. The number of hydrogen-bond donors (Lipinski definition) is 1. The fourth-order valence-corrected chi connectivity index (χ4v) is 3.61. The summed E-state index contributed by atoms with van der Waals surface area (Å²) in [7, 11) is 0. The second-order valence-corrected chi connectivity index (χ2v) is 10.0. The van der Waals surface area contributed by atoms with E-state index in [9.17, 15) is 4.79 Å². The summed E-state index contributed by atoms with van der Waals surface area (Å²) in [6, 6.07) is 16.2. The minimum absolute atomic E-state index is 0.0712. The van der Waals surface area contributed by atoms with Crippen LogP contribution in [0.15, 0.2) is 53.9 Å². The molecular weight excluding hydrogens is 364 g/mol. The van der Waals surface area contributed by atoms with E-state index in [1.165, 1.54) is 22.5 Å². The Morgan fingerprint density at radius 3 is 1.82 bits per heavy atom. The maximum absolute atomic E-state index is 12.5. The third-order valence-electron chi connectivity index (χ3n) is 4.78. The molecule has 1 N–H and O–H groups in total. The standard InChI is InChI=1S/C24H28N2OS/c1-23(2,3)18-11-7-16(8-12-18)20-15-28-22(25-20)26-21(27)17-9-13-19(14-10-17)24(4,5)6/h7-15H,1-6H3,(H,25,26,27). The van der Waals surface area contributed by atoms with Gasteiger partial charge in [-0.3, -0.25) is 10.1 Å². The van der Waals surface area contributed by atoms with E-state index in [0.29, 0.717) is 10.7 Å². The fraction of sp³-hybridized carbons (Fsp3) is 0.333. The Hall–Kier alpha value is -2.46. The molecule has 1 heterocycles. The highest BCUT2D eigenvalue weighted by molar-refractivity contribution is 7.14. The minimum atomic E-state index is -0.135. The molecule has 2 aromatic carbocycles. The summed E-state index contributed by atoms with van der Waals surface area (Å²) in [5, 5.41) is 5.50. The number of carbonyl (C=O) groups is 1. The normalized spacial score (nSPS) is 12.1. The quantitative estimate of drug-likeness (QED) is 0.541. The molecule has 3 nitrogen and oxygen atoms in total. The second kappa shape index (κ2) is 7.51. The summed E-state index contributed by atoms with van der Waals surface area (Å²) in [4.78, 5) is 17.1. The molecule has 0 atom stereocenters. The van der Waals surface area contributed by atoms with E-state index in [2.05, 4.69) is 76.1 Å². The van der Waals surface area contributed by atoms with Crippen LogP contribution in [0.5, 0.6) is 0 Å². The smallest absolute Gasteiger partial charge is 0.257 e. The van der Waals surface area contributed by atoms with Gasteiger partial charge >= 0.3 is 0 Å². The molecule has 3 aromatic rings. The molecule has 1 aromatic heterocycles. The maximum Gasteiger partial charge on any atom is 0.257 e. The van der Waals surface area contributed by atoms with Crippen LogP contribution in [0.1, 0.15) is 63.0 Å². The van der Waals surface area contributed by atoms with E-state index in [-0.39, 0.29) is 16.7 Å². The van der Waals surface area contributed by atoms with Crippen molar-refractivity contribution in [1.82, 2.24) is 4.98 Å². The number of anilines is 1. The summed E-state index contributed by atoms with van der Waals surface area (Å²) in [5.74, 6) is -0.135. The fourth-order valence-electron chi connectivity index (χ4n) is 2.90. The lowest BCUT2D eigenvalue weighted by Gasteiger charge is -2.19. The van der Waals surface area contributed by atoms with Gasteiger partial charge in [-0.05, 0) is 34.1 Å². The monoisotopic (exact) mass is 392 g/mol. The Morgan fingerprint density at radius 1 is 0.821 bits per heavy atom. The molecule has 0 aliphatic rings. The predicted molar refractivity (Wildman–Crippen MR) is 119 cm³/mol. The predicted octanol–water partition coefficient (Wildman–Crippen LogP) is 6.66. The lowest BCUT2D eigenvalue weighted by atomic mass is 9.86. The van der Waals surface area contributed by atoms with Gasteiger partial charge in [0.1, 0.15) is 0 Å². The topological polar surface area (TPSA) is 42.0 Å². The number of benzene rings is 2. The van der Waals surface area contributed by atoms with Gasteiger partial charge in [-0.2, -0.15) is 0 Å². The Balaban J connectivity index is 1.71. The van der Waals surface area contributed by atoms with Gasteiger partial charge in [-0.1, -0.05) is 77.9 Å². The van der Waals surface area contributed by atoms with Crippen molar-refractivity contribution >= 4 is 22.4 Å². The first-order chi connectivity index (χ1) is 13.0. The van der Waals surface area contributed by atoms with Crippen LogP contribution in [0.25, 0.3) is 11.3 Å². The molecule has 28 heavy (non-hydrogen) atoms. The van der Waals surface area contributed by atoms with Gasteiger partial charge in [-0.15, -0.1) is 11.3 Å². The molecule has 0 saturated carbocycles. The van der Waals surface area contributed by atoms with Gasteiger partial charge in [0.2, 0.25) is 0 Å². The molecule has 146 valence electrons. The molecular formula is C24H28N2OS. The average molecular weight is 393 g/mol. The molecule has 0 spiro atoms. The van der Waals surface area contributed by atoms with Crippen molar-refractivity contribution in [3.05, 3.63) is 70.6 Å². The van der Waals surface area contributed by atoms with E-state index in [1.807, 2.05) is 29.6 Å². The largest absolute Gasteiger partial charge is 0.298 e.